The first-order chi connectivity index (χ1) is 9.94. The Bertz CT molecular complexity index is 905. The average molecular weight is 342 g/mol. The van der Waals surface area contributed by atoms with Crippen LogP contribution in [-0.2, 0) is 10.0 Å². The van der Waals surface area contributed by atoms with Crippen LogP contribution in [0.1, 0.15) is 0 Å². The first-order valence-corrected chi connectivity index (χ1v) is 8.12. The Hall–Kier alpha value is -1.76. The van der Waals surface area contributed by atoms with Gasteiger partial charge in [-0.3, -0.25) is 4.72 Å². The molecule has 0 bridgehead atoms. The second-order valence-electron chi connectivity index (χ2n) is 4.32. The van der Waals surface area contributed by atoms with Crippen molar-refractivity contribution in [1.29, 1.82) is 0 Å². The Balaban J connectivity index is 1.94. The fraction of sp³-hybridized carbons (Fsp3) is 0. The summed E-state index contributed by atoms with van der Waals surface area (Å²) >= 11 is 11.5. The van der Waals surface area contributed by atoms with Crippen molar-refractivity contribution >= 4 is 49.9 Å². The summed E-state index contributed by atoms with van der Waals surface area (Å²) in [5.41, 5.74) is 1.73. The number of rotatable bonds is 3. The topological polar surface area (TPSA) is 74.8 Å². The lowest BCUT2D eigenvalue weighted by Crippen LogP contribution is -2.12. The maximum Gasteiger partial charge on any atom is 0.261 e. The lowest BCUT2D eigenvalue weighted by atomic mass is 10.3. The van der Waals surface area contributed by atoms with E-state index >= 15 is 0 Å². The molecule has 8 heteroatoms. The molecule has 3 rings (SSSR count). The van der Waals surface area contributed by atoms with Gasteiger partial charge in [0.05, 0.1) is 21.6 Å². The van der Waals surface area contributed by atoms with Crippen LogP contribution in [0.15, 0.2) is 47.4 Å². The van der Waals surface area contributed by atoms with Gasteiger partial charge in [0, 0.05) is 5.02 Å². The molecule has 1 heterocycles. The third-order valence-electron chi connectivity index (χ3n) is 2.83. The van der Waals surface area contributed by atoms with Gasteiger partial charge in [-0.15, -0.1) is 0 Å². The Morgan fingerprint density at radius 2 is 1.76 bits per heavy atom. The van der Waals surface area contributed by atoms with Gasteiger partial charge in [0.1, 0.15) is 0 Å². The number of nitrogens with one attached hydrogen (secondary N) is 2. The number of hydrogen-bond acceptors (Lipinski definition) is 3. The first-order valence-electron chi connectivity index (χ1n) is 5.88. The molecule has 5 nitrogen and oxygen atoms in total. The van der Waals surface area contributed by atoms with Crippen molar-refractivity contribution in [2.75, 3.05) is 4.72 Å². The van der Waals surface area contributed by atoms with Gasteiger partial charge in [0.25, 0.3) is 10.0 Å². The second-order valence-corrected chi connectivity index (χ2v) is 6.80. The predicted molar refractivity (Wildman–Crippen MR) is 83.4 cm³/mol. The smallest absolute Gasteiger partial charge is 0.261 e. The van der Waals surface area contributed by atoms with Gasteiger partial charge < -0.3 is 4.98 Å². The highest BCUT2D eigenvalue weighted by molar-refractivity contribution is 7.92. The number of sulfonamides is 1. The number of imidazole rings is 1. The van der Waals surface area contributed by atoms with Gasteiger partial charge in [-0.25, -0.2) is 13.4 Å². The van der Waals surface area contributed by atoms with Crippen molar-refractivity contribution in [2.45, 2.75) is 4.90 Å². The minimum absolute atomic E-state index is 0.134. The molecule has 0 spiro atoms. The number of fused-ring (bicyclic) bond motifs is 1. The van der Waals surface area contributed by atoms with Crippen LogP contribution < -0.4 is 4.72 Å². The van der Waals surface area contributed by atoms with Crippen molar-refractivity contribution in [1.82, 2.24) is 9.97 Å². The van der Waals surface area contributed by atoms with E-state index in [1.54, 1.807) is 18.2 Å². The number of anilines is 1. The molecule has 21 heavy (non-hydrogen) atoms. The third kappa shape index (κ3) is 2.97. The quantitative estimate of drug-likeness (QED) is 0.763. The molecule has 2 aromatic carbocycles. The molecule has 0 fully saturated rings. The molecule has 0 saturated heterocycles. The van der Waals surface area contributed by atoms with Gasteiger partial charge in [0.15, 0.2) is 0 Å². The number of halogens is 2. The molecule has 0 amide bonds. The highest BCUT2D eigenvalue weighted by atomic mass is 35.5. The van der Waals surface area contributed by atoms with Gasteiger partial charge in [0.2, 0.25) is 5.28 Å². The summed E-state index contributed by atoms with van der Waals surface area (Å²) < 4.78 is 27.0. The highest BCUT2D eigenvalue weighted by Gasteiger charge is 2.14. The van der Waals surface area contributed by atoms with Gasteiger partial charge >= 0.3 is 0 Å². The molecule has 0 unspecified atom stereocenters. The van der Waals surface area contributed by atoms with E-state index in [9.17, 15) is 8.42 Å². The summed E-state index contributed by atoms with van der Waals surface area (Å²) in [4.78, 5) is 7.00. The first kappa shape index (κ1) is 14.2. The number of aromatic nitrogens is 2. The van der Waals surface area contributed by atoms with Crippen molar-refractivity contribution < 1.29 is 8.42 Å². The zero-order valence-corrected chi connectivity index (χ0v) is 12.8. The Morgan fingerprint density at radius 1 is 1.05 bits per heavy atom. The molecule has 0 aliphatic carbocycles. The predicted octanol–water partition coefficient (Wildman–Crippen LogP) is 3.67. The van der Waals surface area contributed by atoms with Gasteiger partial charge in [-0.1, -0.05) is 11.6 Å². The van der Waals surface area contributed by atoms with E-state index in [1.807, 2.05) is 0 Å². The molecule has 2 N–H and O–H groups in total. The van der Waals surface area contributed by atoms with Crippen LogP contribution in [-0.4, -0.2) is 18.4 Å². The van der Waals surface area contributed by atoms with E-state index in [1.165, 1.54) is 24.3 Å². The van der Waals surface area contributed by atoms with Crippen LogP contribution in [0.3, 0.4) is 0 Å². The van der Waals surface area contributed by atoms with Crippen molar-refractivity contribution in [3.8, 4) is 0 Å². The molecule has 0 aliphatic rings. The summed E-state index contributed by atoms with van der Waals surface area (Å²) in [6, 6.07) is 10.8. The molecule has 1 aromatic heterocycles. The van der Waals surface area contributed by atoms with Crippen LogP contribution in [0.5, 0.6) is 0 Å². The SMILES string of the molecule is O=S(=O)(Nc1ccc2nc(Cl)[nH]c2c1)c1ccc(Cl)cc1. The monoisotopic (exact) mass is 341 g/mol. The lowest BCUT2D eigenvalue weighted by molar-refractivity contribution is 0.601. The second kappa shape index (κ2) is 5.22. The zero-order valence-electron chi connectivity index (χ0n) is 10.5. The van der Waals surface area contributed by atoms with Crippen LogP contribution in [0.2, 0.25) is 10.3 Å². The molecular formula is C13H9Cl2N3O2S. The highest BCUT2D eigenvalue weighted by Crippen LogP contribution is 2.22. The molecule has 0 saturated carbocycles. The summed E-state index contributed by atoms with van der Waals surface area (Å²) in [6.07, 6.45) is 0. The molecule has 0 atom stereocenters. The standard InChI is InChI=1S/C13H9Cl2N3O2S/c14-8-1-4-10(5-2-8)21(19,20)18-9-3-6-11-12(7-9)17-13(15)16-11/h1-7,18H,(H,16,17). The molecule has 0 aliphatic heterocycles. The van der Waals surface area contributed by atoms with E-state index < -0.39 is 10.0 Å². The van der Waals surface area contributed by atoms with E-state index in [2.05, 4.69) is 14.7 Å². The van der Waals surface area contributed by atoms with E-state index in [0.717, 1.165) is 0 Å². The van der Waals surface area contributed by atoms with E-state index in [4.69, 9.17) is 23.2 Å². The minimum atomic E-state index is -3.67. The fourth-order valence-corrected chi connectivity index (χ4v) is 3.24. The van der Waals surface area contributed by atoms with Crippen LogP contribution in [0.25, 0.3) is 11.0 Å². The average Bonchev–Trinajstić information content (AvgIpc) is 2.78. The molecule has 0 radical (unpaired) electrons. The Kier molecular flexibility index (Phi) is 3.52. The van der Waals surface area contributed by atoms with Gasteiger partial charge in [-0.2, -0.15) is 0 Å². The largest absolute Gasteiger partial charge is 0.329 e. The number of benzene rings is 2. The summed E-state index contributed by atoms with van der Waals surface area (Å²) in [7, 11) is -3.67. The third-order valence-corrected chi connectivity index (χ3v) is 4.66. The molecular weight excluding hydrogens is 333 g/mol. The maximum absolute atomic E-state index is 12.2. The number of H-pyrrole nitrogens is 1. The summed E-state index contributed by atoms with van der Waals surface area (Å²) in [5, 5.41) is 0.727. The van der Waals surface area contributed by atoms with Crippen LogP contribution in [0, 0.1) is 0 Å². The van der Waals surface area contributed by atoms with Crippen molar-refractivity contribution in [2.24, 2.45) is 0 Å². The minimum Gasteiger partial charge on any atom is -0.329 e. The normalized spacial score (nSPS) is 11.7. The molecule has 108 valence electrons. The van der Waals surface area contributed by atoms with Gasteiger partial charge in [-0.05, 0) is 54.1 Å². The fourth-order valence-electron chi connectivity index (χ4n) is 1.87. The summed E-state index contributed by atoms with van der Waals surface area (Å²) in [5.74, 6) is 0. The van der Waals surface area contributed by atoms with E-state index in [-0.39, 0.29) is 10.2 Å². The Morgan fingerprint density at radius 3 is 2.48 bits per heavy atom. The maximum atomic E-state index is 12.2. The lowest BCUT2D eigenvalue weighted by Gasteiger charge is -2.08. The molecule has 3 aromatic rings. The van der Waals surface area contributed by atoms with Crippen molar-refractivity contribution in [3.05, 3.63) is 52.8 Å². The van der Waals surface area contributed by atoms with Crippen LogP contribution in [0.4, 0.5) is 5.69 Å². The summed E-state index contributed by atoms with van der Waals surface area (Å²) in [6.45, 7) is 0. The number of nitrogens with zero attached hydrogens (tertiary/aromatic N) is 1. The van der Waals surface area contributed by atoms with Crippen molar-refractivity contribution in [3.63, 3.8) is 0 Å². The van der Waals surface area contributed by atoms with Crippen LogP contribution >= 0.6 is 23.2 Å². The van der Waals surface area contributed by atoms with E-state index in [0.29, 0.717) is 21.7 Å². The number of hydrogen-bond donors (Lipinski definition) is 2. The number of aromatic amines is 1. The zero-order chi connectivity index (χ0) is 15.0. The Labute approximate surface area is 131 Å².